The van der Waals surface area contributed by atoms with Gasteiger partial charge >= 0.3 is 5.97 Å². The van der Waals surface area contributed by atoms with E-state index in [4.69, 9.17) is 9.84 Å². The van der Waals surface area contributed by atoms with Crippen LogP contribution in [0.15, 0.2) is 0 Å². The fraction of sp³-hybridized carbons (Fsp3) is 0.900. The molecule has 0 aliphatic rings. The van der Waals surface area contributed by atoms with Crippen molar-refractivity contribution in [2.75, 3.05) is 26.7 Å². The van der Waals surface area contributed by atoms with Crippen LogP contribution in [0, 0.1) is 0 Å². The average molecular weight is 203 g/mol. The predicted octanol–water partition coefficient (Wildman–Crippen LogP) is 0.642. The Morgan fingerprint density at radius 1 is 1.43 bits per heavy atom. The van der Waals surface area contributed by atoms with E-state index in [0.29, 0.717) is 13.0 Å². The number of hydrogen-bond acceptors (Lipinski definition) is 4. The normalized spacial score (nSPS) is 11.9. The molecule has 0 amide bonds. The van der Waals surface area contributed by atoms with E-state index in [-0.39, 0.29) is 19.1 Å². The first-order valence-electron chi connectivity index (χ1n) is 4.86. The lowest BCUT2D eigenvalue weighted by Crippen LogP contribution is -2.33. The summed E-state index contributed by atoms with van der Waals surface area (Å²) in [6.07, 6.45) is 0.680. The molecule has 0 saturated carbocycles. The minimum absolute atomic E-state index is 0.151. The molecular weight excluding hydrogens is 182 g/mol. The molecule has 0 fully saturated rings. The Kier molecular flexibility index (Phi) is 5.72. The van der Waals surface area contributed by atoms with Crippen LogP contribution in [0.3, 0.4) is 0 Å². The monoisotopic (exact) mass is 203 g/mol. The van der Waals surface area contributed by atoms with E-state index in [1.807, 2.05) is 32.7 Å². The Hall–Kier alpha value is -0.610. The molecule has 14 heavy (non-hydrogen) atoms. The molecule has 0 atom stereocenters. The number of rotatable bonds is 5. The first-order valence-corrected chi connectivity index (χ1v) is 4.86. The largest absolute Gasteiger partial charge is 0.459 e. The summed E-state index contributed by atoms with van der Waals surface area (Å²) in [5.41, 5.74) is -0.422. The fourth-order valence-corrected chi connectivity index (χ4v) is 1.01. The van der Waals surface area contributed by atoms with Crippen LogP contribution >= 0.6 is 0 Å². The Balaban J connectivity index is 3.71. The predicted molar refractivity (Wildman–Crippen MR) is 55.0 cm³/mol. The molecule has 84 valence electrons. The van der Waals surface area contributed by atoms with Crippen LogP contribution in [-0.2, 0) is 9.53 Å². The number of ether oxygens (including phenoxy) is 1. The Bertz CT molecular complexity index is 175. The number of aliphatic hydroxyl groups is 1. The SMILES string of the molecule is CN(CCCO)CC(=O)OC(C)(C)C. The molecule has 0 rings (SSSR count). The van der Waals surface area contributed by atoms with Gasteiger partial charge in [0.25, 0.3) is 0 Å². The summed E-state index contributed by atoms with van der Waals surface area (Å²) >= 11 is 0. The topological polar surface area (TPSA) is 49.8 Å². The van der Waals surface area contributed by atoms with Crippen molar-refractivity contribution in [2.24, 2.45) is 0 Å². The zero-order chi connectivity index (χ0) is 11.2. The molecule has 0 bridgehead atoms. The molecule has 0 aliphatic carbocycles. The molecule has 0 unspecified atom stereocenters. The van der Waals surface area contributed by atoms with Gasteiger partial charge in [0.1, 0.15) is 5.60 Å². The number of carbonyl (C=O) groups excluding carboxylic acids is 1. The Labute approximate surface area is 85.9 Å². The van der Waals surface area contributed by atoms with Crippen LogP contribution in [0.25, 0.3) is 0 Å². The fourth-order valence-electron chi connectivity index (χ4n) is 1.01. The van der Waals surface area contributed by atoms with Crippen molar-refractivity contribution in [3.63, 3.8) is 0 Å². The highest BCUT2D eigenvalue weighted by Crippen LogP contribution is 2.07. The molecule has 4 heteroatoms. The molecule has 0 aromatic rings. The van der Waals surface area contributed by atoms with Gasteiger partial charge in [0.05, 0.1) is 6.54 Å². The summed E-state index contributed by atoms with van der Waals surface area (Å²) in [5.74, 6) is -0.224. The second kappa shape index (κ2) is 5.98. The van der Waals surface area contributed by atoms with Crippen molar-refractivity contribution >= 4 is 5.97 Å². The van der Waals surface area contributed by atoms with E-state index < -0.39 is 5.60 Å². The van der Waals surface area contributed by atoms with Gasteiger partial charge in [0, 0.05) is 13.2 Å². The van der Waals surface area contributed by atoms with Crippen LogP contribution in [0.2, 0.25) is 0 Å². The highest BCUT2D eigenvalue weighted by Gasteiger charge is 2.17. The van der Waals surface area contributed by atoms with Gasteiger partial charge in [-0.3, -0.25) is 9.69 Å². The maximum absolute atomic E-state index is 11.3. The maximum Gasteiger partial charge on any atom is 0.320 e. The summed E-state index contributed by atoms with van der Waals surface area (Å²) < 4.78 is 5.15. The molecule has 0 heterocycles. The van der Waals surface area contributed by atoms with E-state index in [9.17, 15) is 4.79 Å². The lowest BCUT2D eigenvalue weighted by molar-refractivity contribution is -0.155. The van der Waals surface area contributed by atoms with Crippen LogP contribution in [-0.4, -0.2) is 48.3 Å². The highest BCUT2D eigenvalue weighted by atomic mass is 16.6. The number of carbonyl (C=O) groups is 1. The molecule has 0 saturated heterocycles. The third kappa shape index (κ3) is 8.01. The number of hydrogen-bond donors (Lipinski definition) is 1. The van der Waals surface area contributed by atoms with Gasteiger partial charge in [0.15, 0.2) is 0 Å². The Morgan fingerprint density at radius 2 is 2.00 bits per heavy atom. The quantitative estimate of drug-likeness (QED) is 0.666. The third-order valence-electron chi connectivity index (χ3n) is 1.52. The van der Waals surface area contributed by atoms with E-state index in [0.717, 1.165) is 0 Å². The van der Waals surface area contributed by atoms with Crippen molar-refractivity contribution < 1.29 is 14.6 Å². The number of likely N-dealkylation sites (N-methyl/N-ethyl adjacent to an activating group) is 1. The number of nitrogens with zero attached hydrogens (tertiary/aromatic N) is 1. The van der Waals surface area contributed by atoms with Crippen molar-refractivity contribution in [1.82, 2.24) is 4.90 Å². The van der Waals surface area contributed by atoms with Crippen molar-refractivity contribution in [3.8, 4) is 0 Å². The summed E-state index contributed by atoms with van der Waals surface area (Å²) in [5, 5.41) is 8.59. The van der Waals surface area contributed by atoms with Crippen LogP contribution < -0.4 is 0 Å². The first kappa shape index (κ1) is 13.4. The molecule has 0 aliphatic heterocycles. The molecule has 0 aromatic heterocycles. The molecular formula is C10H21NO3. The molecule has 0 spiro atoms. The van der Waals surface area contributed by atoms with Gasteiger partial charge in [-0.2, -0.15) is 0 Å². The van der Waals surface area contributed by atoms with Gasteiger partial charge in [-0.15, -0.1) is 0 Å². The van der Waals surface area contributed by atoms with Gasteiger partial charge in [-0.05, 0) is 34.2 Å². The second-order valence-corrected chi connectivity index (χ2v) is 4.40. The van der Waals surface area contributed by atoms with Crippen molar-refractivity contribution in [3.05, 3.63) is 0 Å². The van der Waals surface area contributed by atoms with Gasteiger partial charge < -0.3 is 9.84 Å². The number of aliphatic hydroxyl groups excluding tert-OH is 1. The third-order valence-corrected chi connectivity index (χ3v) is 1.52. The van der Waals surface area contributed by atoms with Gasteiger partial charge in [-0.1, -0.05) is 0 Å². The van der Waals surface area contributed by atoms with Crippen LogP contribution in [0.5, 0.6) is 0 Å². The standard InChI is InChI=1S/C10H21NO3/c1-10(2,3)14-9(13)8-11(4)6-5-7-12/h12H,5-8H2,1-4H3. The zero-order valence-corrected chi connectivity index (χ0v) is 9.54. The average Bonchev–Trinajstić information content (AvgIpc) is 1.96. The van der Waals surface area contributed by atoms with Gasteiger partial charge in [-0.25, -0.2) is 0 Å². The Morgan fingerprint density at radius 3 is 2.43 bits per heavy atom. The minimum atomic E-state index is -0.422. The molecule has 0 aromatic carbocycles. The molecule has 4 nitrogen and oxygen atoms in total. The smallest absolute Gasteiger partial charge is 0.320 e. The van der Waals surface area contributed by atoms with E-state index in [2.05, 4.69) is 0 Å². The lowest BCUT2D eigenvalue weighted by Gasteiger charge is -2.22. The lowest BCUT2D eigenvalue weighted by atomic mass is 10.2. The van der Waals surface area contributed by atoms with Gasteiger partial charge in [0.2, 0.25) is 0 Å². The zero-order valence-electron chi connectivity index (χ0n) is 9.54. The summed E-state index contributed by atoms with van der Waals surface area (Å²) in [4.78, 5) is 13.1. The number of esters is 1. The summed E-state index contributed by atoms with van der Waals surface area (Å²) in [6.45, 7) is 6.67. The molecule has 0 radical (unpaired) electrons. The van der Waals surface area contributed by atoms with Crippen molar-refractivity contribution in [1.29, 1.82) is 0 Å². The van der Waals surface area contributed by atoms with Crippen LogP contribution in [0.4, 0.5) is 0 Å². The highest BCUT2D eigenvalue weighted by molar-refractivity contribution is 5.72. The summed E-state index contributed by atoms with van der Waals surface area (Å²) in [7, 11) is 1.83. The van der Waals surface area contributed by atoms with Crippen molar-refractivity contribution in [2.45, 2.75) is 32.8 Å². The van der Waals surface area contributed by atoms with E-state index >= 15 is 0 Å². The van der Waals surface area contributed by atoms with E-state index in [1.165, 1.54) is 0 Å². The molecule has 1 N–H and O–H groups in total. The first-order chi connectivity index (χ1) is 6.35. The second-order valence-electron chi connectivity index (χ2n) is 4.40. The minimum Gasteiger partial charge on any atom is -0.459 e. The van der Waals surface area contributed by atoms with Crippen LogP contribution in [0.1, 0.15) is 27.2 Å². The summed E-state index contributed by atoms with van der Waals surface area (Å²) in [6, 6.07) is 0. The maximum atomic E-state index is 11.3. The van der Waals surface area contributed by atoms with E-state index in [1.54, 1.807) is 0 Å².